The lowest BCUT2D eigenvalue weighted by Crippen LogP contribution is -2.47. The van der Waals surface area contributed by atoms with Crippen molar-refractivity contribution < 1.29 is 23.1 Å². The molecule has 0 rings (SSSR count). The molecule has 8 heteroatoms. The van der Waals surface area contributed by atoms with Crippen molar-refractivity contribution in [2.24, 2.45) is 0 Å². The first-order chi connectivity index (χ1) is 7.25. The van der Waals surface area contributed by atoms with Crippen LogP contribution in [0.3, 0.4) is 0 Å². The van der Waals surface area contributed by atoms with Gasteiger partial charge in [0.2, 0.25) is 0 Å². The third kappa shape index (κ3) is 3.71. The van der Waals surface area contributed by atoms with Crippen molar-refractivity contribution in [2.75, 3.05) is 34.4 Å². The van der Waals surface area contributed by atoms with Crippen molar-refractivity contribution in [1.29, 1.82) is 0 Å². The standard InChI is InChI=1S/C8H18N2O5S/c1-7(8(11)12)10(3)16(13,14)9(2)5-6-15-4/h7H,5-6H2,1-4H3,(H,11,12). The summed E-state index contributed by atoms with van der Waals surface area (Å²) in [5, 5.41) is 8.72. The van der Waals surface area contributed by atoms with Gasteiger partial charge in [0.15, 0.2) is 0 Å². The molecule has 0 saturated heterocycles. The Kier molecular flexibility index (Phi) is 5.87. The molecule has 0 aliphatic carbocycles. The molecule has 0 bridgehead atoms. The minimum absolute atomic E-state index is 0.176. The second-order valence-electron chi connectivity index (χ2n) is 3.35. The van der Waals surface area contributed by atoms with Gasteiger partial charge in [-0.1, -0.05) is 0 Å². The Balaban J connectivity index is 4.71. The fourth-order valence-corrected chi connectivity index (χ4v) is 2.15. The lowest BCUT2D eigenvalue weighted by Gasteiger charge is -2.26. The highest BCUT2D eigenvalue weighted by molar-refractivity contribution is 7.86. The monoisotopic (exact) mass is 254 g/mol. The van der Waals surface area contributed by atoms with Crippen molar-refractivity contribution in [3.8, 4) is 0 Å². The molecule has 16 heavy (non-hydrogen) atoms. The van der Waals surface area contributed by atoms with Gasteiger partial charge in [-0.2, -0.15) is 17.0 Å². The molecule has 0 aromatic heterocycles. The molecule has 0 saturated carbocycles. The van der Waals surface area contributed by atoms with Crippen molar-refractivity contribution >= 4 is 16.2 Å². The van der Waals surface area contributed by atoms with E-state index in [1.165, 1.54) is 28.1 Å². The Labute approximate surface area is 95.8 Å². The highest BCUT2D eigenvalue weighted by atomic mass is 32.2. The van der Waals surface area contributed by atoms with Crippen LogP contribution in [-0.2, 0) is 19.7 Å². The van der Waals surface area contributed by atoms with E-state index in [1.54, 1.807) is 0 Å². The summed E-state index contributed by atoms with van der Waals surface area (Å²) in [5.74, 6) is -1.19. The van der Waals surface area contributed by atoms with Crippen LogP contribution in [0.2, 0.25) is 0 Å². The third-order valence-electron chi connectivity index (χ3n) is 2.27. The maximum Gasteiger partial charge on any atom is 0.321 e. The number of carboxylic acid groups (broad SMARTS) is 1. The molecule has 1 unspecified atom stereocenters. The van der Waals surface area contributed by atoms with Gasteiger partial charge in [-0.25, -0.2) is 0 Å². The molecule has 0 aromatic carbocycles. The normalized spacial score (nSPS) is 14.4. The van der Waals surface area contributed by atoms with Gasteiger partial charge < -0.3 is 9.84 Å². The summed E-state index contributed by atoms with van der Waals surface area (Å²) in [5.41, 5.74) is 0. The fraction of sp³-hybridized carbons (Fsp3) is 0.875. The number of likely N-dealkylation sites (N-methyl/N-ethyl adjacent to an activating group) is 2. The summed E-state index contributed by atoms with van der Waals surface area (Å²) in [4.78, 5) is 10.7. The second kappa shape index (κ2) is 6.14. The lowest BCUT2D eigenvalue weighted by atomic mass is 10.4. The Morgan fingerprint density at radius 2 is 1.94 bits per heavy atom. The molecule has 0 aliphatic rings. The summed E-state index contributed by atoms with van der Waals surface area (Å²) >= 11 is 0. The van der Waals surface area contributed by atoms with E-state index >= 15 is 0 Å². The first-order valence-corrected chi connectivity index (χ1v) is 6.05. The smallest absolute Gasteiger partial charge is 0.321 e. The minimum atomic E-state index is -3.75. The van der Waals surface area contributed by atoms with Crippen molar-refractivity contribution in [1.82, 2.24) is 8.61 Å². The largest absolute Gasteiger partial charge is 0.480 e. The van der Waals surface area contributed by atoms with E-state index in [-0.39, 0.29) is 13.2 Å². The van der Waals surface area contributed by atoms with Crippen LogP contribution in [0.25, 0.3) is 0 Å². The summed E-state index contributed by atoms with van der Waals surface area (Å²) in [6.45, 7) is 1.74. The average molecular weight is 254 g/mol. The maximum absolute atomic E-state index is 11.8. The van der Waals surface area contributed by atoms with Gasteiger partial charge in [0, 0.05) is 27.7 Å². The van der Waals surface area contributed by atoms with Crippen molar-refractivity contribution in [3.63, 3.8) is 0 Å². The summed E-state index contributed by atoms with van der Waals surface area (Å²) in [7, 11) is 0.321. The van der Waals surface area contributed by atoms with E-state index in [1.807, 2.05) is 0 Å². The number of hydrogen-bond donors (Lipinski definition) is 1. The van der Waals surface area contributed by atoms with Crippen LogP contribution in [0, 0.1) is 0 Å². The van der Waals surface area contributed by atoms with Gasteiger partial charge in [0.1, 0.15) is 6.04 Å². The van der Waals surface area contributed by atoms with Crippen LogP contribution in [0.1, 0.15) is 6.92 Å². The number of carbonyl (C=O) groups is 1. The first-order valence-electron chi connectivity index (χ1n) is 4.66. The molecule has 1 N–H and O–H groups in total. The zero-order valence-electron chi connectivity index (χ0n) is 9.87. The average Bonchev–Trinajstić information content (AvgIpc) is 2.23. The number of aliphatic carboxylic acids is 1. The molecular formula is C8H18N2O5S. The van der Waals surface area contributed by atoms with E-state index in [4.69, 9.17) is 9.84 Å². The van der Waals surface area contributed by atoms with Crippen molar-refractivity contribution in [2.45, 2.75) is 13.0 Å². The molecule has 0 aliphatic heterocycles. The van der Waals surface area contributed by atoms with Gasteiger partial charge in [-0.15, -0.1) is 0 Å². The number of methoxy groups -OCH3 is 1. The molecule has 96 valence electrons. The molecule has 0 fully saturated rings. The van der Waals surface area contributed by atoms with E-state index in [2.05, 4.69) is 0 Å². The van der Waals surface area contributed by atoms with Gasteiger partial charge in [-0.05, 0) is 6.92 Å². The van der Waals surface area contributed by atoms with Crippen molar-refractivity contribution in [3.05, 3.63) is 0 Å². The lowest BCUT2D eigenvalue weighted by molar-refractivity contribution is -0.140. The second-order valence-corrected chi connectivity index (χ2v) is 5.45. The number of nitrogens with zero attached hydrogens (tertiary/aromatic N) is 2. The van der Waals surface area contributed by atoms with Gasteiger partial charge in [0.25, 0.3) is 10.2 Å². The van der Waals surface area contributed by atoms with Gasteiger partial charge >= 0.3 is 5.97 Å². The van der Waals surface area contributed by atoms with Crippen LogP contribution in [-0.4, -0.2) is 68.5 Å². The van der Waals surface area contributed by atoms with Crippen LogP contribution in [0.15, 0.2) is 0 Å². The number of rotatable bonds is 7. The highest BCUT2D eigenvalue weighted by Crippen LogP contribution is 2.08. The predicted molar refractivity (Wildman–Crippen MR) is 58.3 cm³/mol. The Morgan fingerprint density at radius 3 is 2.31 bits per heavy atom. The zero-order valence-corrected chi connectivity index (χ0v) is 10.7. The van der Waals surface area contributed by atoms with E-state index in [9.17, 15) is 13.2 Å². The van der Waals surface area contributed by atoms with Crippen LogP contribution >= 0.6 is 0 Å². The van der Waals surface area contributed by atoms with Crippen LogP contribution < -0.4 is 0 Å². The van der Waals surface area contributed by atoms with Gasteiger partial charge in [-0.3, -0.25) is 4.79 Å². The molecule has 0 amide bonds. The highest BCUT2D eigenvalue weighted by Gasteiger charge is 2.30. The molecule has 0 radical (unpaired) electrons. The molecule has 0 heterocycles. The first kappa shape index (κ1) is 15.3. The Hall–Kier alpha value is -0.700. The van der Waals surface area contributed by atoms with Crippen LogP contribution in [0.5, 0.6) is 0 Å². The quantitative estimate of drug-likeness (QED) is 0.643. The van der Waals surface area contributed by atoms with E-state index in [0.29, 0.717) is 0 Å². The topological polar surface area (TPSA) is 87.2 Å². The molecule has 0 aromatic rings. The minimum Gasteiger partial charge on any atom is -0.480 e. The Bertz CT molecular complexity index is 329. The summed E-state index contributed by atoms with van der Waals surface area (Å²) in [6.07, 6.45) is 0. The van der Waals surface area contributed by atoms with Crippen LogP contribution in [0.4, 0.5) is 0 Å². The van der Waals surface area contributed by atoms with Gasteiger partial charge in [0.05, 0.1) is 6.61 Å². The number of hydrogen-bond acceptors (Lipinski definition) is 4. The third-order valence-corrected chi connectivity index (χ3v) is 4.29. The van der Waals surface area contributed by atoms with E-state index < -0.39 is 22.2 Å². The predicted octanol–water partition coefficient (Wildman–Crippen LogP) is -0.786. The molecular weight excluding hydrogens is 236 g/mol. The fourth-order valence-electron chi connectivity index (χ4n) is 0.910. The molecule has 0 spiro atoms. The summed E-state index contributed by atoms with van der Waals surface area (Å²) < 4.78 is 30.2. The maximum atomic E-state index is 11.8. The molecule has 1 atom stereocenters. The summed E-state index contributed by atoms with van der Waals surface area (Å²) in [6, 6.07) is -1.10. The number of carboxylic acids is 1. The Morgan fingerprint density at radius 1 is 1.44 bits per heavy atom. The number of ether oxygens (including phenoxy) is 1. The van der Waals surface area contributed by atoms with E-state index in [0.717, 1.165) is 8.61 Å². The zero-order chi connectivity index (χ0) is 12.9. The molecule has 7 nitrogen and oxygen atoms in total. The SMILES string of the molecule is COCCN(C)S(=O)(=O)N(C)C(C)C(=O)O.